The molecule has 104 valence electrons. The molecule has 0 radical (unpaired) electrons. The Morgan fingerprint density at radius 3 is 2.65 bits per heavy atom. The van der Waals surface area contributed by atoms with Crippen LogP contribution < -0.4 is 0 Å². The van der Waals surface area contributed by atoms with Crippen LogP contribution in [-0.4, -0.2) is 10.8 Å². The molecule has 0 atom stereocenters. The van der Waals surface area contributed by atoms with Crippen LogP contribution in [-0.2, 0) is 6.42 Å². The van der Waals surface area contributed by atoms with Crippen LogP contribution in [0.25, 0.3) is 10.6 Å². The van der Waals surface area contributed by atoms with Gasteiger partial charge in [0.05, 0.1) is 10.6 Å². The zero-order chi connectivity index (χ0) is 14.5. The number of hydrogen-bond donors (Lipinski definition) is 0. The minimum Gasteiger partial charge on any atom is -0.293 e. The molecule has 0 aliphatic heterocycles. The molecule has 20 heavy (non-hydrogen) atoms. The molecule has 0 bridgehead atoms. The van der Waals surface area contributed by atoms with Gasteiger partial charge in [-0.05, 0) is 30.0 Å². The summed E-state index contributed by atoms with van der Waals surface area (Å²) in [5, 5.41) is 0.569. The van der Waals surface area contributed by atoms with E-state index in [4.69, 9.17) is 0 Å². The van der Waals surface area contributed by atoms with Crippen molar-refractivity contribution >= 4 is 17.1 Å². The summed E-state index contributed by atoms with van der Waals surface area (Å²) in [7, 11) is 0. The highest BCUT2D eigenvalue weighted by Gasteiger charge is 2.34. The van der Waals surface area contributed by atoms with Crippen molar-refractivity contribution in [2.45, 2.75) is 26.7 Å². The third-order valence-corrected chi connectivity index (χ3v) is 4.59. The highest BCUT2D eigenvalue weighted by Crippen LogP contribution is 2.39. The van der Waals surface area contributed by atoms with Crippen molar-refractivity contribution in [3.8, 4) is 10.6 Å². The second-order valence-corrected chi connectivity index (χ2v) is 6.86. The van der Waals surface area contributed by atoms with E-state index >= 15 is 0 Å². The Hall–Kier alpha value is -1.62. The first-order valence-corrected chi connectivity index (χ1v) is 7.16. The van der Waals surface area contributed by atoms with E-state index in [9.17, 15) is 13.6 Å². The van der Waals surface area contributed by atoms with E-state index in [1.54, 1.807) is 0 Å². The van der Waals surface area contributed by atoms with Gasteiger partial charge >= 0.3 is 0 Å². The quantitative estimate of drug-likeness (QED) is 0.787. The van der Waals surface area contributed by atoms with E-state index < -0.39 is 11.6 Å². The maximum absolute atomic E-state index is 13.3. The van der Waals surface area contributed by atoms with Gasteiger partial charge in [-0.25, -0.2) is 13.8 Å². The lowest BCUT2D eigenvalue weighted by Crippen LogP contribution is -2.25. The van der Waals surface area contributed by atoms with E-state index in [0.29, 0.717) is 21.9 Å². The second-order valence-electron chi connectivity index (χ2n) is 5.86. The van der Waals surface area contributed by atoms with Gasteiger partial charge in [0.25, 0.3) is 0 Å². The standard InChI is InChI=1S/C15H13F2NOS/c1-15(2)6-11-13(12(19)7-15)20-14(18-11)8-3-4-9(16)10(17)5-8/h3-5H,6-7H2,1-2H3. The monoisotopic (exact) mass is 293 g/mol. The first-order chi connectivity index (χ1) is 9.35. The van der Waals surface area contributed by atoms with Crippen LogP contribution in [0, 0.1) is 17.0 Å². The van der Waals surface area contributed by atoms with Gasteiger partial charge in [-0.1, -0.05) is 13.8 Å². The minimum absolute atomic E-state index is 0.0857. The molecule has 1 aliphatic carbocycles. The van der Waals surface area contributed by atoms with E-state index in [1.165, 1.54) is 17.4 Å². The first kappa shape index (κ1) is 13.4. The number of halogens is 2. The van der Waals surface area contributed by atoms with Crippen LogP contribution >= 0.6 is 11.3 Å². The molecule has 0 fully saturated rings. The smallest absolute Gasteiger partial charge is 0.175 e. The van der Waals surface area contributed by atoms with Crippen molar-refractivity contribution in [3.63, 3.8) is 0 Å². The number of benzene rings is 1. The fourth-order valence-corrected chi connectivity index (χ4v) is 3.49. The lowest BCUT2D eigenvalue weighted by atomic mass is 9.78. The molecule has 0 spiro atoms. The number of carbonyl (C=O) groups is 1. The highest BCUT2D eigenvalue weighted by atomic mass is 32.1. The molecule has 3 rings (SSSR count). The molecule has 1 aromatic carbocycles. The Bertz CT molecular complexity index is 706. The van der Waals surface area contributed by atoms with E-state index in [-0.39, 0.29) is 11.2 Å². The summed E-state index contributed by atoms with van der Waals surface area (Å²) in [6, 6.07) is 3.68. The van der Waals surface area contributed by atoms with Gasteiger partial charge in [-0.2, -0.15) is 0 Å². The van der Waals surface area contributed by atoms with E-state index in [2.05, 4.69) is 4.98 Å². The highest BCUT2D eigenvalue weighted by molar-refractivity contribution is 7.17. The number of carbonyl (C=O) groups excluding carboxylic acids is 1. The summed E-state index contributed by atoms with van der Waals surface area (Å²) in [6.07, 6.45) is 1.23. The molecule has 1 heterocycles. The first-order valence-electron chi connectivity index (χ1n) is 6.34. The molecule has 5 heteroatoms. The zero-order valence-corrected chi connectivity index (χ0v) is 12.0. The van der Waals surface area contributed by atoms with E-state index in [1.807, 2.05) is 13.8 Å². The average Bonchev–Trinajstić information content (AvgIpc) is 2.75. The summed E-state index contributed by atoms with van der Waals surface area (Å²) in [6.45, 7) is 4.06. The molecule has 0 saturated carbocycles. The summed E-state index contributed by atoms with van der Waals surface area (Å²) in [5.74, 6) is -1.70. The summed E-state index contributed by atoms with van der Waals surface area (Å²) in [5.41, 5.74) is 1.19. The lowest BCUT2D eigenvalue weighted by Gasteiger charge is -2.26. The van der Waals surface area contributed by atoms with Gasteiger partial charge in [0, 0.05) is 12.0 Å². The van der Waals surface area contributed by atoms with Gasteiger partial charge in [-0.15, -0.1) is 11.3 Å². The number of aromatic nitrogens is 1. The Kier molecular flexibility index (Phi) is 2.97. The van der Waals surface area contributed by atoms with Crippen LogP contribution in [0.4, 0.5) is 8.78 Å². The number of nitrogens with zero attached hydrogens (tertiary/aromatic N) is 1. The van der Waals surface area contributed by atoms with Gasteiger partial charge in [0.2, 0.25) is 0 Å². The van der Waals surface area contributed by atoms with Crippen molar-refractivity contribution in [1.29, 1.82) is 0 Å². The van der Waals surface area contributed by atoms with Crippen molar-refractivity contribution in [1.82, 2.24) is 4.98 Å². The van der Waals surface area contributed by atoms with Crippen molar-refractivity contribution < 1.29 is 13.6 Å². The van der Waals surface area contributed by atoms with Crippen LogP contribution in [0.1, 0.15) is 35.6 Å². The Labute approximate surface area is 119 Å². The largest absolute Gasteiger partial charge is 0.293 e. The number of ketones is 1. The third-order valence-electron chi connectivity index (χ3n) is 3.40. The van der Waals surface area contributed by atoms with E-state index in [0.717, 1.165) is 24.2 Å². The normalized spacial score (nSPS) is 17.1. The summed E-state index contributed by atoms with van der Waals surface area (Å²) in [4.78, 5) is 17.2. The minimum atomic E-state index is -0.901. The van der Waals surface area contributed by atoms with Gasteiger partial charge in [-0.3, -0.25) is 4.79 Å². The molecule has 2 aromatic rings. The number of thiazole rings is 1. The van der Waals surface area contributed by atoms with Crippen LogP contribution in [0.5, 0.6) is 0 Å². The lowest BCUT2D eigenvalue weighted by molar-refractivity contribution is 0.0916. The number of fused-ring (bicyclic) bond motifs is 1. The molecule has 1 aliphatic rings. The molecule has 0 amide bonds. The predicted molar refractivity (Wildman–Crippen MR) is 73.9 cm³/mol. The molecule has 0 unspecified atom stereocenters. The SMILES string of the molecule is CC1(C)CC(=O)c2sc(-c3ccc(F)c(F)c3)nc2C1. The second kappa shape index (κ2) is 4.45. The fourth-order valence-electron chi connectivity index (χ4n) is 2.47. The van der Waals surface area contributed by atoms with Crippen molar-refractivity contribution in [3.05, 3.63) is 40.4 Å². The Morgan fingerprint density at radius 2 is 1.95 bits per heavy atom. The van der Waals surface area contributed by atoms with Crippen LogP contribution in [0.15, 0.2) is 18.2 Å². The fraction of sp³-hybridized carbons (Fsp3) is 0.333. The number of Topliss-reactive ketones (excluding diaryl/α,β-unsaturated/α-hetero) is 1. The Balaban J connectivity index is 2.05. The van der Waals surface area contributed by atoms with Gasteiger partial charge in [0.1, 0.15) is 5.01 Å². The zero-order valence-electron chi connectivity index (χ0n) is 11.2. The summed E-state index contributed by atoms with van der Waals surface area (Å²) >= 11 is 1.26. The van der Waals surface area contributed by atoms with Gasteiger partial charge in [0.15, 0.2) is 17.4 Å². The van der Waals surface area contributed by atoms with Crippen LogP contribution in [0.2, 0.25) is 0 Å². The molecule has 2 nitrogen and oxygen atoms in total. The van der Waals surface area contributed by atoms with Crippen molar-refractivity contribution in [2.24, 2.45) is 5.41 Å². The molecule has 0 N–H and O–H groups in total. The molecular formula is C15H13F2NOS. The average molecular weight is 293 g/mol. The third kappa shape index (κ3) is 2.26. The summed E-state index contributed by atoms with van der Waals surface area (Å²) < 4.78 is 26.2. The number of hydrogen-bond acceptors (Lipinski definition) is 3. The Morgan fingerprint density at radius 1 is 1.20 bits per heavy atom. The van der Waals surface area contributed by atoms with Crippen molar-refractivity contribution in [2.75, 3.05) is 0 Å². The topological polar surface area (TPSA) is 30.0 Å². The van der Waals surface area contributed by atoms with Gasteiger partial charge < -0.3 is 0 Å². The maximum Gasteiger partial charge on any atom is 0.175 e. The maximum atomic E-state index is 13.3. The molecule has 1 aromatic heterocycles. The predicted octanol–water partition coefficient (Wildman–Crippen LogP) is 4.24. The number of rotatable bonds is 1. The molecule has 0 saturated heterocycles. The van der Waals surface area contributed by atoms with Crippen LogP contribution in [0.3, 0.4) is 0 Å². The molecular weight excluding hydrogens is 280 g/mol.